The van der Waals surface area contributed by atoms with E-state index in [0.717, 1.165) is 49.2 Å². The molecule has 4 heteroatoms. The van der Waals surface area contributed by atoms with Crippen LogP contribution in [0.4, 0.5) is 0 Å². The number of rotatable bonds is 6. The zero-order chi connectivity index (χ0) is 21.5. The molecule has 1 N–H and O–H groups in total. The Labute approximate surface area is 185 Å². The molecule has 0 saturated heterocycles. The van der Waals surface area contributed by atoms with Crippen LogP contribution in [0.5, 0.6) is 0 Å². The van der Waals surface area contributed by atoms with E-state index in [0.29, 0.717) is 17.1 Å². The number of aliphatic carboxylic acids is 1. The van der Waals surface area contributed by atoms with E-state index in [-0.39, 0.29) is 23.2 Å². The van der Waals surface area contributed by atoms with Crippen LogP contribution in [-0.4, -0.2) is 28.4 Å². The van der Waals surface area contributed by atoms with Gasteiger partial charge in [0, 0.05) is 16.4 Å². The largest absolute Gasteiger partial charge is 0.481 e. The van der Waals surface area contributed by atoms with E-state index in [4.69, 9.17) is 0 Å². The second kappa shape index (κ2) is 6.86. The van der Waals surface area contributed by atoms with E-state index in [2.05, 4.69) is 45.5 Å². The molecule has 4 fully saturated rings. The second-order valence-corrected chi connectivity index (χ2v) is 13.1. The van der Waals surface area contributed by atoms with Crippen molar-refractivity contribution in [2.24, 2.45) is 51.8 Å². The first-order chi connectivity index (χ1) is 14.2. The molecule has 4 bridgehead atoms. The fourth-order valence-corrected chi connectivity index (χ4v) is 11.1. The van der Waals surface area contributed by atoms with Gasteiger partial charge in [0.2, 0.25) is 0 Å². The lowest BCUT2D eigenvalue weighted by molar-refractivity contribution is -0.177. The highest BCUT2D eigenvalue weighted by Gasteiger charge is 2.84. The first-order valence-electron chi connectivity index (χ1n) is 12.3. The zero-order valence-electron chi connectivity index (χ0n) is 19.0. The van der Waals surface area contributed by atoms with Crippen molar-refractivity contribution in [2.75, 3.05) is 5.75 Å². The van der Waals surface area contributed by atoms with Crippen LogP contribution in [0.3, 0.4) is 0 Å². The smallest absolute Gasteiger partial charge is 0.315 e. The van der Waals surface area contributed by atoms with Crippen molar-refractivity contribution in [3.05, 3.63) is 11.6 Å². The molecule has 166 valence electrons. The van der Waals surface area contributed by atoms with Crippen molar-refractivity contribution in [3.63, 3.8) is 0 Å². The van der Waals surface area contributed by atoms with Crippen molar-refractivity contribution >= 4 is 24.0 Å². The number of aldehydes is 1. The maximum absolute atomic E-state index is 13.4. The quantitative estimate of drug-likeness (QED) is 0.425. The lowest BCUT2D eigenvalue weighted by Crippen LogP contribution is -2.63. The molecule has 0 aromatic heterocycles. The number of fused-ring (bicyclic) bond motifs is 2. The van der Waals surface area contributed by atoms with Crippen LogP contribution in [0.15, 0.2) is 11.6 Å². The summed E-state index contributed by atoms with van der Waals surface area (Å²) in [5, 5.41) is 11.6. The Morgan fingerprint density at radius 1 is 1.23 bits per heavy atom. The lowest BCUT2D eigenvalue weighted by Gasteiger charge is -2.58. The molecular weight excluding hydrogens is 392 g/mol. The molecule has 0 radical (unpaired) electrons. The molecule has 0 spiro atoms. The minimum absolute atomic E-state index is 0.178. The summed E-state index contributed by atoms with van der Waals surface area (Å²) in [7, 11) is 0. The third kappa shape index (κ3) is 2.30. The van der Waals surface area contributed by atoms with E-state index in [1.54, 1.807) is 0 Å². The average Bonchev–Trinajstić information content (AvgIpc) is 3.40. The van der Waals surface area contributed by atoms with Gasteiger partial charge >= 0.3 is 5.97 Å². The summed E-state index contributed by atoms with van der Waals surface area (Å²) in [6, 6.07) is 0. The summed E-state index contributed by atoms with van der Waals surface area (Å²) in [5.41, 5.74) is -0.884. The van der Waals surface area contributed by atoms with Gasteiger partial charge in [-0.2, -0.15) is 11.8 Å². The van der Waals surface area contributed by atoms with Gasteiger partial charge in [0.25, 0.3) is 0 Å². The number of carboxylic acids is 1. The van der Waals surface area contributed by atoms with Gasteiger partial charge in [-0.1, -0.05) is 45.8 Å². The van der Waals surface area contributed by atoms with Crippen molar-refractivity contribution in [2.45, 2.75) is 77.9 Å². The highest BCUT2D eigenvalue weighted by Crippen LogP contribution is 2.83. The molecule has 8 unspecified atom stereocenters. The van der Waals surface area contributed by atoms with Crippen molar-refractivity contribution in [3.8, 4) is 0 Å². The third-order valence-electron chi connectivity index (χ3n) is 10.3. The number of hydrogen-bond acceptors (Lipinski definition) is 3. The fraction of sp³-hybridized carbons (Fsp3) is 0.846. The molecule has 9 atom stereocenters. The Morgan fingerprint density at radius 2 is 2.00 bits per heavy atom. The molecule has 5 aliphatic rings. The van der Waals surface area contributed by atoms with Gasteiger partial charge < -0.3 is 9.90 Å². The van der Waals surface area contributed by atoms with Gasteiger partial charge in [0.05, 0.1) is 5.41 Å². The van der Waals surface area contributed by atoms with Gasteiger partial charge in [-0.05, 0) is 74.0 Å². The summed E-state index contributed by atoms with van der Waals surface area (Å²) in [5.74, 6) is 2.80. The topological polar surface area (TPSA) is 54.4 Å². The molecule has 0 aromatic rings. The predicted octanol–water partition coefficient (Wildman–Crippen LogP) is 5.83. The maximum atomic E-state index is 13.4. The molecular formula is C26H38O3S. The minimum atomic E-state index is -0.983. The Hall–Kier alpha value is -0.770. The number of carbonyl (C=O) groups is 2. The van der Waals surface area contributed by atoms with Crippen LogP contribution in [-0.2, 0) is 9.59 Å². The molecule has 5 rings (SSSR count). The maximum Gasteiger partial charge on any atom is 0.315 e. The average molecular weight is 431 g/mol. The number of carbonyl (C=O) groups excluding carboxylic acids is 1. The first kappa shape index (κ1) is 21.1. The Kier molecular flexibility index (Phi) is 4.83. The summed E-state index contributed by atoms with van der Waals surface area (Å²) in [6.45, 7) is 8.97. The lowest BCUT2D eigenvalue weighted by atomic mass is 9.43. The summed E-state index contributed by atoms with van der Waals surface area (Å²) < 4.78 is 0. The Morgan fingerprint density at radius 3 is 2.60 bits per heavy atom. The number of thioether (sulfide) groups is 1. The zero-order valence-corrected chi connectivity index (χ0v) is 19.8. The SMILES string of the molecule is CC1CCC(SCC23C[C@@H]4C(C)CCC4C4(C=O)CC2C=C(C(C)C)C43C(=O)O)C1. The molecule has 0 aromatic carbocycles. The number of hydrogen-bond donors (Lipinski definition) is 1. The summed E-state index contributed by atoms with van der Waals surface area (Å²) in [4.78, 5) is 26.4. The Bertz CT molecular complexity index is 789. The van der Waals surface area contributed by atoms with Crippen molar-refractivity contribution in [1.82, 2.24) is 0 Å². The molecule has 3 nitrogen and oxygen atoms in total. The summed E-state index contributed by atoms with van der Waals surface area (Å²) >= 11 is 2.05. The highest BCUT2D eigenvalue weighted by molar-refractivity contribution is 7.99. The van der Waals surface area contributed by atoms with Crippen LogP contribution < -0.4 is 0 Å². The highest BCUT2D eigenvalue weighted by atomic mass is 32.2. The molecule has 0 heterocycles. The van der Waals surface area contributed by atoms with E-state index in [1.807, 2.05) is 0 Å². The van der Waals surface area contributed by atoms with E-state index >= 15 is 0 Å². The predicted molar refractivity (Wildman–Crippen MR) is 121 cm³/mol. The number of carboxylic acid groups (broad SMARTS) is 1. The van der Waals surface area contributed by atoms with Crippen LogP contribution in [0, 0.1) is 51.8 Å². The van der Waals surface area contributed by atoms with Gasteiger partial charge in [0.1, 0.15) is 11.7 Å². The van der Waals surface area contributed by atoms with Crippen LogP contribution in [0.1, 0.15) is 72.6 Å². The number of allylic oxidation sites excluding steroid dienone is 1. The van der Waals surface area contributed by atoms with Crippen molar-refractivity contribution < 1.29 is 14.7 Å². The van der Waals surface area contributed by atoms with Crippen LogP contribution in [0.2, 0.25) is 0 Å². The molecule has 4 saturated carbocycles. The third-order valence-corrected chi connectivity index (χ3v) is 11.9. The van der Waals surface area contributed by atoms with Gasteiger partial charge in [-0.3, -0.25) is 4.79 Å². The van der Waals surface area contributed by atoms with Gasteiger partial charge in [-0.25, -0.2) is 0 Å². The van der Waals surface area contributed by atoms with E-state index < -0.39 is 16.8 Å². The first-order valence-corrected chi connectivity index (χ1v) is 13.3. The second-order valence-electron chi connectivity index (χ2n) is 11.8. The van der Waals surface area contributed by atoms with E-state index in [1.165, 1.54) is 19.3 Å². The molecule has 5 aliphatic carbocycles. The molecule has 0 amide bonds. The van der Waals surface area contributed by atoms with E-state index in [9.17, 15) is 14.7 Å². The van der Waals surface area contributed by atoms with Crippen LogP contribution >= 0.6 is 11.8 Å². The fourth-order valence-electron chi connectivity index (χ4n) is 9.21. The standard InChI is InChI=1S/C26H38O3S/c1-15(2)22-10-18-11-24(13-27)21-8-6-17(4)20(21)12-25(18,26(22,24)23(28)29)14-30-19-7-5-16(3)9-19/h10,13,15-21H,5-9,11-12,14H2,1-4H3,(H,28,29)/t16?,17?,18?,19?,20-,21?,24?,25?,26?/m1/s1. The van der Waals surface area contributed by atoms with Crippen molar-refractivity contribution in [1.29, 1.82) is 0 Å². The van der Waals surface area contributed by atoms with Gasteiger partial charge in [0.15, 0.2) is 0 Å². The monoisotopic (exact) mass is 430 g/mol. The normalized spacial score (nSPS) is 51.3. The van der Waals surface area contributed by atoms with Gasteiger partial charge in [-0.15, -0.1) is 0 Å². The summed E-state index contributed by atoms with van der Waals surface area (Å²) in [6.07, 6.45) is 11.3. The Balaban J connectivity index is 1.64. The molecule has 30 heavy (non-hydrogen) atoms. The minimum Gasteiger partial charge on any atom is -0.481 e. The molecule has 0 aliphatic heterocycles. The van der Waals surface area contributed by atoms with Crippen LogP contribution in [0.25, 0.3) is 0 Å².